The first-order valence-electron chi connectivity index (χ1n) is 9.37. The van der Waals surface area contributed by atoms with E-state index < -0.39 is 0 Å². The van der Waals surface area contributed by atoms with Crippen molar-refractivity contribution >= 4 is 45.5 Å². The van der Waals surface area contributed by atoms with Crippen molar-refractivity contribution in [3.63, 3.8) is 0 Å². The van der Waals surface area contributed by atoms with Gasteiger partial charge in [0.2, 0.25) is 11.0 Å². The Balaban J connectivity index is 1.60. The molecule has 0 spiro atoms. The van der Waals surface area contributed by atoms with Crippen LogP contribution in [0.5, 0.6) is 11.5 Å². The number of amides is 1. The summed E-state index contributed by atoms with van der Waals surface area (Å²) >= 11 is 2.76. The van der Waals surface area contributed by atoms with Crippen LogP contribution in [0.1, 0.15) is 18.1 Å². The predicted octanol–water partition coefficient (Wildman–Crippen LogP) is 4.90. The van der Waals surface area contributed by atoms with Gasteiger partial charge in [0.05, 0.1) is 25.7 Å². The molecule has 0 unspecified atom stereocenters. The van der Waals surface area contributed by atoms with E-state index in [2.05, 4.69) is 52.9 Å². The molecule has 0 bridgehead atoms. The van der Waals surface area contributed by atoms with Gasteiger partial charge in [-0.2, -0.15) is 0 Å². The molecule has 158 valence electrons. The fourth-order valence-corrected chi connectivity index (χ4v) is 4.41. The van der Waals surface area contributed by atoms with Crippen LogP contribution in [0.15, 0.2) is 40.7 Å². The van der Waals surface area contributed by atoms with E-state index in [1.807, 2.05) is 0 Å². The molecule has 0 aliphatic carbocycles. The van der Waals surface area contributed by atoms with Crippen LogP contribution in [0.25, 0.3) is 0 Å². The van der Waals surface area contributed by atoms with Gasteiger partial charge in [-0.05, 0) is 36.6 Å². The molecule has 0 radical (unpaired) electrons. The van der Waals surface area contributed by atoms with E-state index in [0.717, 1.165) is 22.0 Å². The molecule has 0 atom stereocenters. The molecule has 2 aromatic carbocycles. The molecule has 9 heteroatoms. The molecule has 30 heavy (non-hydrogen) atoms. The molecule has 0 aliphatic heterocycles. The second kappa shape index (κ2) is 10.3. The summed E-state index contributed by atoms with van der Waals surface area (Å²) in [5, 5.41) is 15.3. The van der Waals surface area contributed by atoms with Crippen molar-refractivity contribution in [1.82, 2.24) is 10.2 Å². The van der Waals surface area contributed by atoms with Crippen molar-refractivity contribution in [3.8, 4) is 11.5 Å². The second-order valence-corrected chi connectivity index (χ2v) is 8.56. The van der Waals surface area contributed by atoms with E-state index in [-0.39, 0.29) is 11.7 Å². The minimum absolute atomic E-state index is 0.163. The molecule has 1 amide bonds. The Bertz CT molecular complexity index is 1020. The van der Waals surface area contributed by atoms with Gasteiger partial charge in [0.15, 0.2) is 4.34 Å². The molecular formula is C21H24N4O3S2. The van der Waals surface area contributed by atoms with Gasteiger partial charge < -0.3 is 20.1 Å². The van der Waals surface area contributed by atoms with E-state index in [9.17, 15) is 4.79 Å². The smallest absolute Gasteiger partial charge is 0.234 e. The van der Waals surface area contributed by atoms with Crippen LogP contribution in [-0.2, 0) is 11.2 Å². The number of aryl methyl sites for hydroxylation is 2. The van der Waals surface area contributed by atoms with Crippen LogP contribution in [0, 0.1) is 6.92 Å². The Morgan fingerprint density at radius 3 is 2.73 bits per heavy atom. The standard InChI is InChI=1S/C21H24N4O3S2/c1-5-14-8-6-7-13(2)19(14)23-20-24-25-21(30-20)29-12-18(26)22-16-11-15(27-3)9-10-17(16)28-4/h6-11H,5,12H2,1-4H3,(H,22,26)(H,23,24). The van der Waals surface area contributed by atoms with Crippen molar-refractivity contribution < 1.29 is 14.3 Å². The van der Waals surface area contributed by atoms with Crippen LogP contribution < -0.4 is 20.1 Å². The highest BCUT2D eigenvalue weighted by molar-refractivity contribution is 8.01. The summed E-state index contributed by atoms with van der Waals surface area (Å²) in [7, 11) is 3.13. The maximum absolute atomic E-state index is 12.4. The molecular weight excluding hydrogens is 420 g/mol. The van der Waals surface area contributed by atoms with Crippen molar-refractivity contribution in [2.75, 3.05) is 30.6 Å². The number of ether oxygens (including phenoxy) is 2. The minimum atomic E-state index is -0.163. The van der Waals surface area contributed by atoms with Gasteiger partial charge in [-0.25, -0.2) is 0 Å². The summed E-state index contributed by atoms with van der Waals surface area (Å²) in [4.78, 5) is 12.4. The first-order valence-corrected chi connectivity index (χ1v) is 11.2. The van der Waals surface area contributed by atoms with Gasteiger partial charge in [-0.3, -0.25) is 4.79 Å². The quantitative estimate of drug-likeness (QED) is 0.454. The highest BCUT2D eigenvalue weighted by Gasteiger charge is 2.13. The SMILES string of the molecule is CCc1cccc(C)c1Nc1nnc(SCC(=O)Nc2cc(OC)ccc2OC)s1. The van der Waals surface area contributed by atoms with Crippen molar-refractivity contribution in [2.24, 2.45) is 0 Å². The normalized spacial score (nSPS) is 10.5. The number of methoxy groups -OCH3 is 2. The molecule has 7 nitrogen and oxygen atoms in total. The minimum Gasteiger partial charge on any atom is -0.497 e. The number of benzene rings is 2. The van der Waals surface area contributed by atoms with Gasteiger partial charge in [0.25, 0.3) is 0 Å². The lowest BCUT2D eigenvalue weighted by molar-refractivity contribution is -0.113. The van der Waals surface area contributed by atoms with Crippen LogP contribution >= 0.6 is 23.1 Å². The number of carbonyl (C=O) groups is 1. The number of anilines is 3. The summed E-state index contributed by atoms with van der Waals surface area (Å²) in [6, 6.07) is 11.5. The fourth-order valence-electron chi connectivity index (χ4n) is 2.85. The van der Waals surface area contributed by atoms with Gasteiger partial charge >= 0.3 is 0 Å². The molecule has 0 saturated carbocycles. The number of thioether (sulfide) groups is 1. The van der Waals surface area contributed by atoms with Crippen LogP contribution in [-0.4, -0.2) is 36.1 Å². The van der Waals surface area contributed by atoms with Gasteiger partial charge in [0.1, 0.15) is 11.5 Å². The first-order chi connectivity index (χ1) is 14.5. The zero-order valence-corrected chi connectivity index (χ0v) is 18.9. The van der Waals surface area contributed by atoms with Crippen molar-refractivity contribution in [3.05, 3.63) is 47.5 Å². The predicted molar refractivity (Wildman–Crippen MR) is 123 cm³/mol. The third kappa shape index (κ3) is 5.43. The summed E-state index contributed by atoms with van der Waals surface area (Å²) < 4.78 is 11.2. The number of rotatable bonds is 9. The van der Waals surface area contributed by atoms with E-state index >= 15 is 0 Å². The third-order valence-electron chi connectivity index (χ3n) is 4.39. The number of nitrogens with zero attached hydrogens (tertiary/aromatic N) is 2. The lowest BCUT2D eigenvalue weighted by atomic mass is 10.1. The molecule has 0 aliphatic rings. The van der Waals surface area contributed by atoms with Crippen LogP contribution in [0.4, 0.5) is 16.5 Å². The van der Waals surface area contributed by atoms with Gasteiger partial charge in [-0.1, -0.05) is 48.2 Å². The monoisotopic (exact) mass is 444 g/mol. The number of nitrogens with one attached hydrogen (secondary N) is 2. The van der Waals surface area contributed by atoms with Crippen molar-refractivity contribution in [2.45, 2.75) is 24.6 Å². The number of para-hydroxylation sites is 1. The zero-order valence-electron chi connectivity index (χ0n) is 17.3. The Morgan fingerprint density at radius 1 is 1.17 bits per heavy atom. The van der Waals surface area contributed by atoms with Crippen molar-refractivity contribution in [1.29, 1.82) is 0 Å². The van der Waals surface area contributed by atoms with E-state index in [4.69, 9.17) is 9.47 Å². The highest BCUT2D eigenvalue weighted by Crippen LogP contribution is 2.32. The molecule has 0 fully saturated rings. The Hall–Kier alpha value is -2.78. The lowest BCUT2D eigenvalue weighted by Gasteiger charge is -2.11. The molecule has 1 heterocycles. The summed E-state index contributed by atoms with van der Waals surface area (Å²) in [5.74, 6) is 1.26. The average molecular weight is 445 g/mol. The first kappa shape index (κ1) is 21.9. The molecule has 0 saturated heterocycles. The largest absolute Gasteiger partial charge is 0.497 e. The molecule has 3 rings (SSSR count). The number of carbonyl (C=O) groups excluding carboxylic acids is 1. The van der Waals surface area contributed by atoms with E-state index in [0.29, 0.717) is 22.3 Å². The summed E-state index contributed by atoms with van der Waals surface area (Å²) in [6.07, 6.45) is 0.929. The zero-order chi connectivity index (χ0) is 21.5. The number of hydrogen-bond acceptors (Lipinski definition) is 8. The Kier molecular flexibility index (Phi) is 7.53. The topological polar surface area (TPSA) is 85.4 Å². The Labute approximate surface area is 184 Å². The van der Waals surface area contributed by atoms with E-state index in [1.165, 1.54) is 28.7 Å². The maximum atomic E-state index is 12.4. The Morgan fingerprint density at radius 2 is 2.00 bits per heavy atom. The second-order valence-electron chi connectivity index (χ2n) is 6.36. The summed E-state index contributed by atoms with van der Waals surface area (Å²) in [6.45, 7) is 4.19. The van der Waals surface area contributed by atoms with Gasteiger partial charge in [0, 0.05) is 11.8 Å². The lowest BCUT2D eigenvalue weighted by Crippen LogP contribution is -2.14. The summed E-state index contributed by atoms with van der Waals surface area (Å²) in [5.41, 5.74) is 4.01. The van der Waals surface area contributed by atoms with E-state index in [1.54, 1.807) is 32.4 Å². The molecule has 3 aromatic rings. The highest BCUT2D eigenvalue weighted by atomic mass is 32.2. The van der Waals surface area contributed by atoms with Gasteiger partial charge in [-0.15, -0.1) is 10.2 Å². The average Bonchev–Trinajstić information content (AvgIpc) is 3.21. The number of hydrogen-bond donors (Lipinski definition) is 2. The number of aromatic nitrogens is 2. The van der Waals surface area contributed by atoms with Crippen LogP contribution in [0.3, 0.4) is 0 Å². The van der Waals surface area contributed by atoms with Crippen LogP contribution in [0.2, 0.25) is 0 Å². The molecule has 1 aromatic heterocycles. The molecule has 2 N–H and O–H groups in total. The maximum Gasteiger partial charge on any atom is 0.234 e. The third-order valence-corrected chi connectivity index (χ3v) is 6.36. The fraction of sp³-hybridized carbons (Fsp3) is 0.286.